The van der Waals surface area contributed by atoms with Gasteiger partial charge in [0.05, 0.1) is 0 Å². The Labute approximate surface area is 77.9 Å². The molecule has 0 amide bonds. The smallest absolute Gasteiger partial charge is 0.174 e. The zero-order chi connectivity index (χ0) is 9.36. The molecule has 1 aromatic rings. The fourth-order valence-electron chi connectivity index (χ4n) is 1.17. The number of unbranched alkanes of at least 4 members (excludes halogenated alkanes) is 3. The van der Waals surface area contributed by atoms with Gasteiger partial charge in [0, 0.05) is 20.1 Å². The van der Waals surface area contributed by atoms with Crippen molar-refractivity contribution in [3.05, 3.63) is 5.82 Å². The van der Waals surface area contributed by atoms with Crippen LogP contribution >= 0.6 is 0 Å². The molecule has 0 aromatic carbocycles. The molecule has 0 aliphatic heterocycles. The van der Waals surface area contributed by atoms with E-state index in [0.717, 1.165) is 31.7 Å². The number of methoxy groups -OCH3 is 1. The van der Waals surface area contributed by atoms with Crippen molar-refractivity contribution in [2.24, 2.45) is 0 Å². The summed E-state index contributed by atoms with van der Waals surface area (Å²) in [6.45, 7) is 0.863. The fraction of sp³-hybridized carbons (Fsp3) is 0.875. The Balaban J connectivity index is 1.90. The Kier molecular flexibility index (Phi) is 5.08. The lowest BCUT2D eigenvalue weighted by molar-refractivity contribution is 0.192. The molecule has 1 rings (SSSR count). The molecule has 1 aromatic heterocycles. The van der Waals surface area contributed by atoms with Crippen molar-refractivity contribution in [3.8, 4) is 0 Å². The monoisotopic (exact) mass is 184 g/mol. The third-order valence-corrected chi connectivity index (χ3v) is 1.89. The summed E-state index contributed by atoms with van der Waals surface area (Å²) in [6.07, 6.45) is 5.61. The minimum atomic E-state index is 0.812. The van der Waals surface area contributed by atoms with Crippen LogP contribution in [-0.4, -0.2) is 34.3 Å². The van der Waals surface area contributed by atoms with Gasteiger partial charge < -0.3 is 4.74 Å². The molecular weight excluding hydrogens is 168 g/mol. The summed E-state index contributed by atoms with van der Waals surface area (Å²) in [6, 6.07) is 0. The Hall–Kier alpha value is -0.970. The average Bonchev–Trinajstić information content (AvgIpc) is 2.63. The van der Waals surface area contributed by atoms with Crippen LogP contribution < -0.4 is 0 Å². The Morgan fingerprint density at radius 2 is 2.08 bits per heavy atom. The van der Waals surface area contributed by atoms with Crippen molar-refractivity contribution in [2.45, 2.75) is 32.1 Å². The van der Waals surface area contributed by atoms with Crippen LogP contribution in [0.2, 0.25) is 0 Å². The number of hydrogen-bond acceptors (Lipinski definition) is 4. The number of hydrogen-bond donors (Lipinski definition) is 1. The molecule has 0 spiro atoms. The van der Waals surface area contributed by atoms with E-state index in [9.17, 15) is 0 Å². The van der Waals surface area contributed by atoms with E-state index in [1.165, 1.54) is 12.8 Å². The first kappa shape index (κ1) is 10.1. The number of aryl methyl sites for hydroxylation is 1. The van der Waals surface area contributed by atoms with Crippen molar-refractivity contribution in [2.75, 3.05) is 13.7 Å². The summed E-state index contributed by atoms with van der Waals surface area (Å²) in [5, 5.41) is 13.7. The van der Waals surface area contributed by atoms with Gasteiger partial charge in [-0.25, -0.2) is 0 Å². The quantitative estimate of drug-likeness (QED) is 0.641. The van der Waals surface area contributed by atoms with Crippen LogP contribution in [0.1, 0.15) is 31.5 Å². The molecule has 0 atom stereocenters. The zero-order valence-corrected chi connectivity index (χ0v) is 7.99. The van der Waals surface area contributed by atoms with Crippen molar-refractivity contribution >= 4 is 0 Å². The van der Waals surface area contributed by atoms with E-state index in [-0.39, 0.29) is 0 Å². The third-order valence-electron chi connectivity index (χ3n) is 1.89. The van der Waals surface area contributed by atoms with Crippen LogP contribution in [0.4, 0.5) is 0 Å². The van der Waals surface area contributed by atoms with E-state index in [1.54, 1.807) is 7.11 Å². The second kappa shape index (κ2) is 6.54. The van der Waals surface area contributed by atoms with Gasteiger partial charge in [-0.1, -0.05) is 18.1 Å². The molecule has 0 radical (unpaired) electrons. The van der Waals surface area contributed by atoms with Gasteiger partial charge in [0.25, 0.3) is 0 Å². The minimum Gasteiger partial charge on any atom is -0.385 e. The molecular formula is C8H16N4O. The minimum absolute atomic E-state index is 0.812. The molecule has 0 saturated heterocycles. The lowest BCUT2D eigenvalue weighted by Crippen LogP contribution is -1.91. The van der Waals surface area contributed by atoms with Gasteiger partial charge in [-0.2, -0.15) is 5.21 Å². The molecule has 0 saturated carbocycles. The fourth-order valence-corrected chi connectivity index (χ4v) is 1.17. The maximum Gasteiger partial charge on any atom is 0.174 e. The van der Waals surface area contributed by atoms with Crippen LogP contribution in [0.3, 0.4) is 0 Å². The molecule has 5 heteroatoms. The van der Waals surface area contributed by atoms with Gasteiger partial charge in [0.15, 0.2) is 5.82 Å². The van der Waals surface area contributed by atoms with E-state index < -0.39 is 0 Å². The highest BCUT2D eigenvalue weighted by molar-refractivity contribution is 4.74. The topological polar surface area (TPSA) is 63.7 Å². The third kappa shape index (κ3) is 4.57. The molecule has 0 fully saturated rings. The number of nitrogens with zero attached hydrogens (tertiary/aromatic N) is 3. The maximum atomic E-state index is 4.95. The highest BCUT2D eigenvalue weighted by atomic mass is 16.5. The normalized spacial score (nSPS) is 10.5. The molecule has 0 aliphatic rings. The van der Waals surface area contributed by atoms with E-state index >= 15 is 0 Å². The van der Waals surface area contributed by atoms with Gasteiger partial charge in [-0.15, -0.1) is 10.2 Å². The average molecular weight is 184 g/mol. The Morgan fingerprint density at radius 3 is 2.77 bits per heavy atom. The van der Waals surface area contributed by atoms with Gasteiger partial charge in [-0.05, 0) is 12.8 Å². The van der Waals surface area contributed by atoms with Crippen molar-refractivity contribution in [3.63, 3.8) is 0 Å². The summed E-state index contributed by atoms with van der Waals surface area (Å²) in [5.74, 6) is 0.812. The van der Waals surface area contributed by atoms with E-state index in [2.05, 4.69) is 20.6 Å². The standard InChI is InChI=1S/C8H16N4O/c1-13-7-5-3-2-4-6-8-9-11-12-10-8/h2-7H2,1H3,(H,9,10,11,12). The summed E-state index contributed by atoms with van der Waals surface area (Å²) in [4.78, 5) is 0. The van der Waals surface area contributed by atoms with Crippen molar-refractivity contribution in [1.29, 1.82) is 0 Å². The number of aromatic amines is 1. The van der Waals surface area contributed by atoms with Crippen LogP contribution in [0, 0.1) is 0 Å². The number of tetrazole rings is 1. The largest absolute Gasteiger partial charge is 0.385 e. The highest BCUT2D eigenvalue weighted by Gasteiger charge is 1.96. The Morgan fingerprint density at radius 1 is 1.23 bits per heavy atom. The molecule has 0 unspecified atom stereocenters. The van der Waals surface area contributed by atoms with Gasteiger partial charge in [0.2, 0.25) is 0 Å². The second-order valence-electron chi connectivity index (χ2n) is 2.99. The summed E-state index contributed by atoms with van der Waals surface area (Å²) in [5.41, 5.74) is 0. The maximum absolute atomic E-state index is 4.95. The molecule has 0 bridgehead atoms. The van der Waals surface area contributed by atoms with E-state index in [0.29, 0.717) is 0 Å². The Bertz CT molecular complexity index is 200. The van der Waals surface area contributed by atoms with E-state index in [4.69, 9.17) is 4.74 Å². The number of rotatable bonds is 7. The zero-order valence-electron chi connectivity index (χ0n) is 7.99. The SMILES string of the molecule is COCCCCCCc1nn[nH]n1. The lowest BCUT2D eigenvalue weighted by atomic mass is 10.1. The van der Waals surface area contributed by atoms with E-state index in [1.807, 2.05) is 0 Å². The van der Waals surface area contributed by atoms with Gasteiger partial charge in [-0.3, -0.25) is 0 Å². The number of aromatic nitrogens is 4. The van der Waals surface area contributed by atoms with Crippen molar-refractivity contribution in [1.82, 2.24) is 20.6 Å². The summed E-state index contributed by atoms with van der Waals surface area (Å²) >= 11 is 0. The first-order valence-electron chi connectivity index (χ1n) is 4.64. The first-order chi connectivity index (χ1) is 6.43. The van der Waals surface area contributed by atoms with Gasteiger partial charge >= 0.3 is 0 Å². The lowest BCUT2D eigenvalue weighted by Gasteiger charge is -1.98. The number of ether oxygens (including phenoxy) is 1. The van der Waals surface area contributed by atoms with Crippen molar-refractivity contribution < 1.29 is 4.74 Å². The van der Waals surface area contributed by atoms with Crippen LogP contribution in [0.5, 0.6) is 0 Å². The summed E-state index contributed by atoms with van der Waals surface area (Å²) in [7, 11) is 1.74. The van der Waals surface area contributed by atoms with Gasteiger partial charge in [0.1, 0.15) is 0 Å². The highest BCUT2D eigenvalue weighted by Crippen LogP contribution is 2.02. The number of nitrogens with one attached hydrogen (secondary N) is 1. The molecule has 0 aliphatic carbocycles. The van der Waals surface area contributed by atoms with Crippen LogP contribution in [0.25, 0.3) is 0 Å². The molecule has 74 valence electrons. The first-order valence-corrected chi connectivity index (χ1v) is 4.64. The predicted molar refractivity (Wildman–Crippen MR) is 48.2 cm³/mol. The predicted octanol–water partition coefficient (Wildman–Crippen LogP) is 0.949. The molecule has 1 N–H and O–H groups in total. The second-order valence-corrected chi connectivity index (χ2v) is 2.99. The summed E-state index contributed by atoms with van der Waals surface area (Å²) < 4.78 is 4.95. The molecule has 13 heavy (non-hydrogen) atoms. The molecule has 1 heterocycles. The van der Waals surface area contributed by atoms with Crippen LogP contribution in [-0.2, 0) is 11.2 Å². The number of H-pyrrole nitrogens is 1. The molecule has 5 nitrogen and oxygen atoms in total. The van der Waals surface area contributed by atoms with Crippen LogP contribution in [0.15, 0.2) is 0 Å².